The number of aryl methyl sites for hydroxylation is 2. The number of likely N-dealkylation sites (N-methyl/N-ethyl adjacent to an activating group) is 1. The van der Waals surface area contributed by atoms with Gasteiger partial charge in [0.15, 0.2) is 0 Å². The summed E-state index contributed by atoms with van der Waals surface area (Å²) in [6.07, 6.45) is 0. The molecule has 1 amide bonds. The maximum atomic E-state index is 12.1. The first-order valence-corrected chi connectivity index (χ1v) is 5.49. The molecule has 5 nitrogen and oxygen atoms in total. The number of rotatable bonds is 4. The molecule has 0 aliphatic heterocycles. The van der Waals surface area contributed by atoms with E-state index in [4.69, 9.17) is 9.84 Å². The fourth-order valence-corrected chi connectivity index (χ4v) is 1.86. The maximum Gasteiger partial charge on any atom is 0.323 e. The summed E-state index contributed by atoms with van der Waals surface area (Å²) < 4.78 is 5.21. The summed E-state index contributed by atoms with van der Waals surface area (Å²) in [5, 5.41) is 8.69. The van der Waals surface area contributed by atoms with E-state index in [1.54, 1.807) is 6.07 Å². The monoisotopic (exact) mass is 251 g/mol. The summed E-state index contributed by atoms with van der Waals surface area (Å²) in [6.45, 7) is 3.38. The van der Waals surface area contributed by atoms with Crippen molar-refractivity contribution >= 4 is 11.9 Å². The highest BCUT2D eigenvalue weighted by atomic mass is 16.5. The lowest BCUT2D eigenvalue weighted by Crippen LogP contribution is -2.32. The van der Waals surface area contributed by atoms with E-state index < -0.39 is 5.97 Å². The standard InChI is InChI=1S/C13H17NO4/c1-8-5-9(2)12(18-4)10(6-8)13(17)14(3)7-11(15)16/h5-6H,7H2,1-4H3,(H,15,16). The van der Waals surface area contributed by atoms with E-state index in [9.17, 15) is 9.59 Å². The van der Waals surface area contributed by atoms with Gasteiger partial charge in [-0.2, -0.15) is 0 Å². The average Bonchev–Trinajstić information content (AvgIpc) is 2.26. The zero-order chi connectivity index (χ0) is 13.9. The zero-order valence-corrected chi connectivity index (χ0v) is 11.0. The molecule has 1 aromatic carbocycles. The largest absolute Gasteiger partial charge is 0.496 e. The van der Waals surface area contributed by atoms with Gasteiger partial charge in [0.05, 0.1) is 12.7 Å². The predicted octanol–water partition coefficient (Wildman–Crippen LogP) is 1.47. The van der Waals surface area contributed by atoms with Crippen LogP contribution in [0.2, 0.25) is 0 Å². The highest BCUT2D eigenvalue weighted by molar-refractivity contribution is 5.98. The predicted molar refractivity (Wildman–Crippen MR) is 67.1 cm³/mol. The Kier molecular flexibility index (Phi) is 4.31. The summed E-state index contributed by atoms with van der Waals surface area (Å²) in [5.74, 6) is -0.918. The van der Waals surface area contributed by atoms with Gasteiger partial charge < -0.3 is 14.7 Å². The molecule has 0 bridgehead atoms. The van der Waals surface area contributed by atoms with Gasteiger partial charge in [-0.05, 0) is 31.0 Å². The SMILES string of the molecule is COc1c(C)cc(C)cc1C(=O)N(C)CC(=O)O. The Morgan fingerprint density at radius 3 is 2.44 bits per heavy atom. The van der Waals surface area contributed by atoms with Gasteiger partial charge in [0.2, 0.25) is 0 Å². The molecule has 0 aromatic heterocycles. The number of nitrogens with zero attached hydrogens (tertiary/aromatic N) is 1. The first-order valence-electron chi connectivity index (χ1n) is 5.49. The van der Waals surface area contributed by atoms with Crippen LogP contribution in [-0.2, 0) is 4.79 Å². The maximum absolute atomic E-state index is 12.1. The Morgan fingerprint density at radius 1 is 1.33 bits per heavy atom. The second-order valence-electron chi connectivity index (χ2n) is 4.22. The van der Waals surface area contributed by atoms with E-state index in [2.05, 4.69) is 0 Å². The average molecular weight is 251 g/mol. The van der Waals surface area contributed by atoms with Crippen LogP contribution in [0.25, 0.3) is 0 Å². The molecule has 98 valence electrons. The molecule has 0 aliphatic rings. The molecule has 0 radical (unpaired) electrons. The molecule has 1 aromatic rings. The van der Waals surface area contributed by atoms with E-state index in [0.717, 1.165) is 16.0 Å². The molecule has 0 spiro atoms. The van der Waals surface area contributed by atoms with Crippen molar-refractivity contribution in [2.45, 2.75) is 13.8 Å². The van der Waals surface area contributed by atoms with Crippen LogP contribution in [0, 0.1) is 13.8 Å². The molecule has 0 atom stereocenters. The number of methoxy groups -OCH3 is 1. The molecule has 5 heteroatoms. The second kappa shape index (κ2) is 5.53. The molecule has 0 saturated carbocycles. The van der Waals surface area contributed by atoms with Crippen molar-refractivity contribution in [1.82, 2.24) is 4.90 Å². The molecule has 18 heavy (non-hydrogen) atoms. The molecule has 0 heterocycles. The molecule has 1 rings (SSSR count). The molecule has 0 unspecified atom stereocenters. The van der Waals surface area contributed by atoms with E-state index >= 15 is 0 Å². The first kappa shape index (κ1) is 14.0. The molecular formula is C13H17NO4. The Hall–Kier alpha value is -2.04. The van der Waals surface area contributed by atoms with Crippen LogP contribution in [0.4, 0.5) is 0 Å². The Labute approximate surface area is 106 Å². The summed E-state index contributed by atoms with van der Waals surface area (Å²) in [7, 11) is 2.94. The summed E-state index contributed by atoms with van der Waals surface area (Å²) in [4.78, 5) is 23.9. The van der Waals surface area contributed by atoms with Crippen LogP contribution in [-0.4, -0.2) is 42.6 Å². The van der Waals surface area contributed by atoms with Crippen LogP contribution in [0.5, 0.6) is 5.75 Å². The Morgan fingerprint density at radius 2 is 1.94 bits per heavy atom. The van der Waals surface area contributed by atoms with Crippen LogP contribution >= 0.6 is 0 Å². The highest BCUT2D eigenvalue weighted by Crippen LogP contribution is 2.26. The van der Waals surface area contributed by atoms with Crippen LogP contribution in [0.1, 0.15) is 21.5 Å². The van der Waals surface area contributed by atoms with Crippen molar-refractivity contribution in [2.24, 2.45) is 0 Å². The first-order chi connectivity index (χ1) is 8.36. The number of amides is 1. The molecule has 1 N–H and O–H groups in total. The minimum atomic E-state index is -1.05. The number of hydrogen-bond acceptors (Lipinski definition) is 3. The molecular weight excluding hydrogens is 234 g/mol. The number of carboxylic acids is 1. The number of carbonyl (C=O) groups is 2. The van der Waals surface area contributed by atoms with Crippen molar-refractivity contribution in [2.75, 3.05) is 20.7 Å². The fraction of sp³-hybridized carbons (Fsp3) is 0.385. The number of hydrogen-bond donors (Lipinski definition) is 1. The third-order valence-corrected chi connectivity index (χ3v) is 2.57. The van der Waals surface area contributed by atoms with Gasteiger partial charge in [-0.15, -0.1) is 0 Å². The van der Waals surface area contributed by atoms with Crippen molar-refractivity contribution < 1.29 is 19.4 Å². The quantitative estimate of drug-likeness (QED) is 0.880. The minimum Gasteiger partial charge on any atom is -0.496 e. The van der Waals surface area contributed by atoms with Gasteiger partial charge in [0, 0.05) is 7.05 Å². The molecule has 0 aliphatic carbocycles. The fourth-order valence-electron chi connectivity index (χ4n) is 1.86. The highest BCUT2D eigenvalue weighted by Gasteiger charge is 2.20. The number of benzene rings is 1. The Balaban J connectivity index is 3.15. The minimum absolute atomic E-state index is 0.338. The van der Waals surface area contributed by atoms with Gasteiger partial charge in [0.1, 0.15) is 12.3 Å². The van der Waals surface area contributed by atoms with E-state index in [1.165, 1.54) is 14.2 Å². The van der Waals surface area contributed by atoms with Crippen LogP contribution in [0.15, 0.2) is 12.1 Å². The smallest absolute Gasteiger partial charge is 0.323 e. The zero-order valence-electron chi connectivity index (χ0n) is 11.0. The van der Waals surface area contributed by atoms with E-state index in [1.807, 2.05) is 19.9 Å². The Bertz CT molecular complexity index is 482. The third-order valence-electron chi connectivity index (χ3n) is 2.57. The molecule has 0 fully saturated rings. The molecule has 0 saturated heterocycles. The summed E-state index contributed by atoms with van der Waals surface area (Å²) in [5.41, 5.74) is 2.17. The number of ether oxygens (including phenoxy) is 1. The van der Waals surface area contributed by atoms with Crippen molar-refractivity contribution in [1.29, 1.82) is 0 Å². The van der Waals surface area contributed by atoms with Crippen LogP contribution in [0.3, 0.4) is 0 Å². The number of carboxylic acid groups (broad SMARTS) is 1. The number of aliphatic carboxylic acids is 1. The van der Waals surface area contributed by atoms with Gasteiger partial charge in [-0.25, -0.2) is 0 Å². The van der Waals surface area contributed by atoms with E-state index in [-0.39, 0.29) is 12.5 Å². The van der Waals surface area contributed by atoms with Crippen molar-refractivity contribution in [3.05, 3.63) is 28.8 Å². The third kappa shape index (κ3) is 3.00. The van der Waals surface area contributed by atoms with Gasteiger partial charge >= 0.3 is 5.97 Å². The summed E-state index contributed by atoms with van der Waals surface area (Å²) in [6, 6.07) is 3.61. The normalized spacial score (nSPS) is 10.0. The van der Waals surface area contributed by atoms with Crippen molar-refractivity contribution in [3.63, 3.8) is 0 Å². The summed E-state index contributed by atoms with van der Waals surface area (Å²) >= 11 is 0. The van der Waals surface area contributed by atoms with Crippen LogP contribution < -0.4 is 4.74 Å². The van der Waals surface area contributed by atoms with E-state index in [0.29, 0.717) is 11.3 Å². The number of carbonyl (C=O) groups excluding carboxylic acids is 1. The topological polar surface area (TPSA) is 66.8 Å². The van der Waals surface area contributed by atoms with Gasteiger partial charge in [-0.1, -0.05) is 6.07 Å². The lowest BCUT2D eigenvalue weighted by molar-refractivity contribution is -0.137. The lowest BCUT2D eigenvalue weighted by Gasteiger charge is -2.18. The van der Waals surface area contributed by atoms with Gasteiger partial charge in [0.25, 0.3) is 5.91 Å². The lowest BCUT2D eigenvalue weighted by atomic mass is 10.0. The van der Waals surface area contributed by atoms with Crippen molar-refractivity contribution in [3.8, 4) is 5.75 Å². The van der Waals surface area contributed by atoms with Gasteiger partial charge in [-0.3, -0.25) is 9.59 Å². The second-order valence-corrected chi connectivity index (χ2v) is 4.22.